The highest BCUT2D eigenvalue weighted by Gasteiger charge is 2.39. The van der Waals surface area contributed by atoms with Gasteiger partial charge in [0, 0.05) is 13.0 Å². The first-order valence-corrected chi connectivity index (χ1v) is 12.2. The van der Waals surface area contributed by atoms with Crippen LogP contribution in [0.4, 0.5) is 4.39 Å². The Kier molecular flexibility index (Phi) is 9.19. The molecule has 2 rings (SSSR count). The van der Waals surface area contributed by atoms with Crippen molar-refractivity contribution in [2.75, 3.05) is 6.61 Å². The van der Waals surface area contributed by atoms with Crippen molar-refractivity contribution in [2.45, 2.75) is 63.6 Å². The number of sulfonamides is 1. The summed E-state index contributed by atoms with van der Waals surface area (Å²) in [6, 6.07) is 13.3. The summed E-state index contributed by atoms with van der Waals surface area (Å²) in [6.45, 7) is 10.6. The van der Waals surface area contributed by atoms with Gasteiger partial charge in [0.05, 0.1) is 17.3 Å². The van der Waals surface area contributed by atoms with Crippen molar-refractivity contribution < 1.29 is 27.1 Å². The summed E-state index contributed by atoms with van der Waals surface area (Å²) in [5, 5.41) is 0. The average Bonchev–Trinajstić information content (AvgIpc) is 2.74. The molecule has 33 heavy (non-hydrogen) atoms. The molecule has 0 amide bonds. The SMILES string of the molecule is C=C(F)C[C@H](C(=O)OC(C)(C)C)N(Cc1ccccc1)S(=O)(=O)c1ccc(OCCC)cc1. The van der Waals surface area contributed by atoms with Crippen molar-refractivity contribution in [3.8, 4) is 5.75 Å². The molecule has 0 saturated heterocycles. The molecule has 180 valence electrons. The smallest absolute Gasteiger partial charge is 0.325 e. The van der Waals surface area contributed by atoms with Crippen molar-refractivity contribution in [3.05, 3.63) is 72.6 Å². The molecule has 0 aliphatic rings. The van der Waals surface area contributed by atoms with Crippen LogP contribution in [-0.4, -0.2) is 36.9 Å². The van der Waals surface area contributed by atoms with E-state index in [2.05, 4.69) is 6.58 Å². The standard InChI is InChI=1S/C25H32FNO5S/c1-6-16-31-21-12-14-22(15-13-21)33(29,30)27(18-20-10-8-7-9-11-20)23(17-19(2)26)24(28)32-25(3,4)5/h7-15,23H,2,6,16-18H2,1,3-5H3/t23-/m1/s1. The molecular weight excluding hydrogens is 445 g/mol. The monoisotopic (exact) mass is 477 g/mol. The maximum Gasteiger partial charge on any atom is 0.325 e. The van der Waals surface area contributed by atoms with Crippen LogP contribution in [0.2, 0.25) is 0 Å². The van der Waals surface area contributed by atoms with E-state index >= 15 is 0 Å². The first-order chi connectivity index (χ1) is 15.4. The number of nitrogens with zero attached hydrogens (tertiary/aromatic N) is 1. The molecule has 0 saturated carbocycles. The maximum absolute atomic E-state index is 14.0. The Bertz CT molecular complexity index is 1030. The van der Waals surface area contributed by atoms with Crippen LogP contribution < -0.4 is 4.74 Å². The van der Waals surface area contributed by atoms with Crippen LogP contribution in [0.15, 0.2) is 71.9 Å². The number of carbonyl (C=O) groups excluding carboxylic acids is 1. The van der Waals surface area contributed by atoms with Crippen LogP contribution in [0.1, 0.15) is 46.1 Å². The summed E-state index contributed by atoms with van der Waals surface area (Å²) >= 11 is 0. The van der Waals surface area contributed by atoms with Crippen molar-refractivity contribution in [1.29, 1.82) is 0 Å². The predicted molar refractivity (Wildman–Crippen MR) is 126 cm³/mol. The Morgan fingerprint density at radius 3 is 2.21 bits per heavy atom. The quantitative estimate of drug-likeness (QED) is 0.413. The molecule has 0 aromatic heterocycles. The van der Waals surface area contributed by atoms with Crippen molar-refractivity contribution in [2.24, 2.45) is 0 Å². The van der Waals surface area contributed by atoms with Crippen LogP contribution in [0, 0.1) is 0 Å². The summed E-state index contributed by atoms with van der Waals surface area (Å²) in [4.78, 5) is 13.0. The second-order valence-electron chi connectivity index (χ2n) is 8.63. The van der Waals surface area contributed by atoms with Gasteiger partial charge >= 0.3 is 5.97 Å². The van der Waals surface area contributed by atoms with E-state index in [0.717, 1.165) is 10.7 Å². The Hall–Kier alpha value is -2.71. The maximum atomic E-state index is 14.0. The van der Waals surface area contributed by atoms with E-state index in [1.54, 1.807) is 63.2 Å². The fourth-order valence-corrected chi connectivity index (χ4v) is 4.64. The molecule has 0 fully saturated rings. The summed E-state index contributed by atoms with van der Waals surface area (Å²) < 4.78 is 53.3. The molecule has 0 radical (unpaired) electrons. The van der Waals surface area contributed by atoms with Gasteiger partial charge in [0.2, 0.25) is 10.0 Å². The lowest BCUT2D eigenvalue weighted by molar-refractivity contribution is -0.159. The lowest BCUT2D eigenvalue weighted by Crippen LogP contribution is -2.47. The minimum Gasteiger partial charge on any atom is -0.494 e. The third-order valence-corrected chi connectivity index (χ3v) is 6.39. The van der Waals surface area contributed by atoms with E-state index in [0.29, 0.717) is 17.9 Å². The molecule has 0 bridgehead atoms. The fraction of sp³-hybridized carbons (Fsp3) is 0.400. The van der Waals surface area contributed by atoms with E-state index in [9.17, 15) is 17.6 Å². The lowest BCUT2D eigenvalue weighted by atomic mass is 10.1. The zero-order chi connectivity index (χ0) is 24.6. The minimum absolute atomic E-state index is 0.0414. The average molecular weight is 478 g/mol. The first kappa shape index (κ1) is 26.5. The van der Waals surface area contributed by atoms with Crippen LogP contribution in [-0.2, 0) is 26.1 Å². The lowest BCUT2D eigenvalue weighted by Gasteiger charge is -2.31. The van der Waals surface area contributed by atoms with Gasteiger partial charge in [0.15, 0.2) is 0 Å². The number of benzene rings is 2. The third-order valence-electron chi connectivity index (χ3n) is 4.53. The Morgan fingerprint density at radius 1 is 1.09 bits per heavy atom. The van der Waals surface area contributed by atoms with Crippen LogP contribution in [0.5, 0.6) is 5.75 Å². The topological polar surface area (TPSA) is 72.9 Å². The molecule has 0 aliphatic carbocycles. The largest absolute Gasteiger partial charge is 0.494 e. The molecule has 0 heterocycles. The molecule has 2 aromatic rings. The number of carbonyl (C=O) groups is 1. The van der Waals surface area contributed by atoms with Gasteiger partial charge in [-0.3, -0.25) is 4.79 Å². The molecule has 0 N–H and O–H groups in total. The highest BCUT2D eigenvalue weighted by atomic mass is 32.2. The van der Waals surface area contributed by atoms with E-state index in [1.807, 2.05) is 6.92 Å². The van der Waals surface area contributed by atoms with Crippen LogP contribution >= 0.6 is 0 Å². The van der Waals surface area contributed by atoms with E-state index < -0.39 is 39.9 Å². The van der Waals surface area contributed by atoms with Crippen molar-refractivity contribution in [3.63, 3.8) is 0 Å². The highest BCUT2D eigenvalue weighted by molar-refractivity contribution is 7.89. The number of halogens is 1. The molecular formula is C25H32FNO5S. The first-order valence-electron chi connectivity index (χ1n) is 10.8. The zero-order valence-electron chi connectivity index (χ0n) is 19.6. The molecule has 0 unspecified atom stereocenters. The van der Waals surface area contributed by atoms with Crippen molar-refractivity contribution >= 4 is 16.0 Å². The van der Waals surface area contributed by atoms with E-state index in [1.165, 1.54) is 12.1 Å². The molecule has 6 nitrogen and oxygen atoms in total. The van der Waals surface area contributed by atoms with Gasteiger partial charge in [-0.15, -0.1) is 0 Å². The van der Waals surface area contributed by atoms with Gasteiger partial charge in [-0.1, -0.05) is 43.8 Å². The third kappa shape index (κ3) is 7.98. The van der Waals surface area contributed by atoms with Crippen molar-refractivity contribution in [1.82, 2.24) is 4.31 Å². The van der Waals surface area contributed by atoms with Crippen LogP contribution in [0.25, 0.3) is 0 Å². The summed E-state index contributed by atoms with van der Waals surface area (Å²) in [7, 11) is -4.21. The number of esters is 1. The molecule has 2 aromatic carbocycles. The van der Waals surface area contributed by atoms with Gasteiger partial charge in [0.25, 0.3) is 0 Å². The number of ether oxygens (including phenoxy) is 2. The second kappa shape index (κ2) is 11.4. The molecule has 8 heteroatoms. The fourth-order valence-electron chi connectivity index (χ4n) is 3.07. The summed E-state index contributed by atoms with van der Waals surface area (Å²) in [5.41, 5.74) is -0.241. The number of hydrogen-bond acceptors (Lipinski definition) is 5. The highest BCUT2D eigenvalue weighted by Crippen LogP contribution is 2.27. The number of rotatable bonds is 11. The number of hydrogen-bond donors (Lipinski definition) is 0. The van der Waals surface area contributed by atoms with Gasteiger partial charge < -0.3 is 9.47 Å². The zero-order valence-corrected chi connectivity index (χ0v) is 20.4. The van der Waals surface area contributed by atoms with Gasteiger partial charge in [0.1, 0.15) is 17.4 Å². The Balaban J connectivity index is 2.52. The van der Waals surface area contributed by atoms with Gasteiger partial charge in [-0.05, 0) is 57.0 Å². The Labute approximate surface area is 196 Å². The summed E-state index contributed by atoms with van der Waals surface area (Å²) in [5.74, 6) is -1.13. The minimum atomic E-state index is -4.21. The normalized spacial score (nSPS) is 12.9. The summed E-state index contributed by atoms with van der Waals surface area (Å²) in [6.07, 6.45) is 0.300. The molecule has 0 aliphatic heterocycles. The molecule has 0 spiro atoms. The van der Waals surface area contributed by atoms with Gasteiger partial charge in [-0.25, -0.2) is 12.8 Å². The molecule has 1 atom stereocenters. The Morgan fingerprint density at radius 2 is 1.70 bits per heavy atom. The second-order valence-corrected chi connectivity index (χ2v) is 10.5. The van der Waals surface area contributed by atoms with E-state index in [-0.39, 0.29) is 11.4 Å². The van der Waals surface area contributed by atoms with E-state index in [4.69, 9.17) is 9.47 Å². The van der Waals surface area contributed by atoms with Gasteiger partial charge in [-0.2, -0.15) is 4.31 Å². The predicted octanol–water partition coefficient (Wildman–Crippen LogP) is 5.25. The van der Waals surface area contributed by atoms with Crippen LogP contribution in [0.3, 0.4) is 0 Å².